The lowest BCUT2D eigenvalue weighted by molar-refractivity contribution is 0.0872. The molecular weight excluding hydrogens is 244 g/mol. The number of nitrogens with two attached hydrogens (primary N) is 1. The molecule has 1 aromatic carbocycles. The number of nitrogen functional groups attached to an aromatic ring is 1. The first kappa shape index (κ1) is 11.4. The Morgan fingerprint density at radius 2 is 2.17 bits per heavy atom. The van der Waals surface area contributed by atoms with E-state index in [1.165, 1.54) is 11.3 Å². The van der Waals surface area contributed by atoms with E-state index in [0.717, 1.165) is 29.7 Å². The maximum atomic E-state index is 12.7. The van der Waals surface area contributed by atoms with Gasteiger partial charge < -0.3 is 5.73 Å². The van der Waals surface area contributed by atoms with Crippen LogP contribution in [0.2, 0.25) is 0 Å². The van der Waals surface area contributed by atoms with Crippen molar-refractivity contribution in [1.29, 1.82) is 0 Å². The molecule has 92 valence electrons. The number of aromatic nitrogens is 1. The second-order valence-corrected chi connectivity index (χ2v) is 5.78. The van der Waals surface area contributed by atoms with E-state index < -0.39 is 5.41 Å². The summed E-state index contributed by atoms with van der Waals surface area (Å²) in [6, 6.07) is 7.83. The van der Waals surface area contributed by atoms with Gasteiger partial charge in [-0.1, -0.05) is 24.3 Å². The number of benzene rings is 1. The van der Waals surface area contributed by atoms with E-state index >= 15 is 0 Å². The van der Waals surface area contributed by atoms with Crippen LogP contribution in [-0.2, 0) is 11.8 Å². The first-order valence-corrected chi connectivity index (χ1v) is 6.83. The van der Waals surface area contributed by atoms with Crippen molar-refractivity contribution in [3.05, 3.63) is 46.5 Å². The minimum atomic E-state index is -0.525. The maximum absolute atomic E-state index is 12.7. The molecule has 0 radical (unpaired) electrons. The van der Waals surface area contributed by atoms with Crippen LogP contribution in [0.1, 0.15) is 35.0 Å². The number of ketones is 1. The molecule has 1 atom stereocenters. The fourth-order valence-corrected chi connectivity index (χ4v) is 3.24. The van der Waals surface area contributed by atoms with Crippen molar-refractivity contribution < 1.29 is 4.79 Å². The Balaban J connectivity index is 2.09. The fourth-order valence-electron chi connectivity index (χ4n) is 2.54. The lowest BCUT2D eigenvalue weighted by atomic mass is 9.70. The van der Waals surface area contributed by atoms with Crippen LogP contribution in [0.3, 0.4) is 0 Å². The van der Waals surface area contributed by atoms with Crippen LogP contribution in [-0.4, -0.2) is 10.8 Å². The summed E-state index contributed by atoms with van der Waals surface area (Å²) in [6.45, 7) is 1.97. The van der Waals surface area contributed by atoms with Crippen LogP contribution in [0.4, 0.5) is 5.13 Å². The normalized spacial score (nSPS) is 22.8. The number of nitrogens with zero attached hydrogens (tertiary/aromatic N) is 1. The van der Waals surface area contributed by atoms with Gasteiger partial charge in [-0.25, -0.2) is 4.98 Å². The summed E-state index contributed by atoms with van der Waals surface area (Å²) in [6.07, 6.45) is 1.71. The molecule has 0 saturated carbocycles. The third-order valence-electron chi connectivity index (χ3n) is 3.74. The topological polar surface area (TPSA) is 56.0 Å². The van der Waals surface area contributed by atoms with E-state index in [1.807, 2.05) is 36.6 Å². The number of aryl methyl sites for hydroxylation is 1. The molecule has 0 aliphatic heterocycles. The molecule has 4 heteroatoms. The number of rotatable bonds is 1. The Morgan fingerprint density at radius 3 is 2.89 bits per heavy atom. The molecule has 2 aromatic rings. The number of thiazole rings is 1. The Bertz CT molecular complexity index is 620. The summed E-state index contributed by atoms with van der Waals surface area (Å²) in [4.78, 5) is 17.0. The van der Waals surface area contributed by atoms with Crippen molar-refractivity contribution in [2.24, 2.45) is 0 Å². The minimum Gasteiger partial charge on any atom is -0.375 e. The van der Waals surface area contributed by atoms with Crippen molar-refractivity contribution in [3.63, 3.8) is 0 Å². The molecule has 0 spiro atoms. The summed E-state index contributed by atoms with van der Waals surface area (Å²) in [5.74, 6) is 0.162. The molecule has 0 saturated heterocycles. The summed E-state index contributed by atoms with van der Waals surface area (Å²) in [5, 5.41) is 2.43. The Morgan fingerprint density at radius 1 is 1.39 bits per heavy atom. The highest BCUT2D eigenvalue weighted by Gasteiger charge is 2.41. The van der Waals surface area contributed by atoms with Gasteiger partial charge >= 0.3 is 0 Å². The van der Waals surface area contributed by atoms with Crippen molar-refractivity contribution in [1.82, 2.24) is 4.98 Å². The Kier molecular flexibility index (Phi) is 2.48. The van der Waals surface area contributed by atoms with E-state index in [2.05, 4.69) is 4.98 Å². The average Bonchev–Trinajstić information content (AvgIpc) is 2.82. The van der Waals surface area contributed by atoms with E-state index in [-0.39, 0.29) is 5.78 Å². The maximum Gasteiger partial charge on any atom is 0.180 e. The zero-order valence-electron chi connectivity index (χ0n) is 10.1. The van der Waals surface area contributed by atoms with Crippen molar-refractivity contribution in [3.8, 4) is 0 Å². The predicted octanol–water partition coefficient (Wildman–Crippen LogP) is 2.81. The molecule has 2 N–H and O–H groups in total. The molecule has 1 aromatic heterocycles. The summed E-state index contributed by atoms with van der Waals surface area (Å²) in [7, 11) is 0. The predicted molar refractivity (Wildman–Crippen MR) is 73.0 cm³/mol. The zero-order chi connectivity index (χ0) is 12.8. The van der Waals surface area contributed by atoms with Crippen LogP contribution >= 0.6 is 11.3 Å². The number of fused-ring (bicyclic) bond motifs is 1. The van der Waals surface area contributed by atoms with Gasteiger partial charge in [0.25, 0.3) is 0 Å². The summed E-state index contributed by atoms with van der Waals surface area (Å²) >= 11 is 1.39. The van der Waals surface area contributed by atoms with Gasteiger partial charge in [0.05, 0.1) is 11.1 Å². The van der Waals surface area contributed by atoms with Gasteiger partial charge in [-0.15, -0.1) is 11.3 Å². The largest absolute Gasteiger partial charge is 0.375 e. The van der Waals surface area contributed by atoms with Crippen LogP contribution in [0, 0.1) is 0 Å². The molecule has 0 bridgehead atoms. The van der Waals surface area contributed by atoms with Crippen LogP contribution in [0.15, 0.2) is 29.6 Å². The summed E-state index contributed by atoms with van der Waals surface area (Å²) < 4.78 is 0. The highest BCUT2D eigenvalue weighted by atomic mass is 32.1. The highest BCUT2D eigenvalue weighted by molar-refractivity contribution is 7.13. The second kappa shape index (κ2) is 3.92. The summed E-state index contributed by atoms with van der Waals surface area (Å²) in [5.41, 5.74) is 7.94. The van der Waals surface area contributed by atoms with Crippen molar-refractivity contribution in [2.75, 3.05) is 5.73 Å². The molecule has 0 amide bonds. The highest BCUT2D eigenvalue weighted by Crippen LogP contribution is 2.38. The molecule has 1 heterocycles. The van der Waals surface area contributed by atoms with Gasteiger partial charge in [0.2, 0.25) is 0 Å². The minimum absolute atomic E-state index is 0.162. The Hall–Kier alpha value is -1.68. The molecular formula is C14H14N2OS. The van der Waals surface area contributed by atoms with Crippen LogP contribution in [0.5, 0.6) is 0 Å². The van der Waals surface area contributed by atoms with Gasteiger partial charge in [-0.3, -0.25) is 4.79 Å². The van der Waals surface area contributed by atoms with E-state index in [1.54, 1.807) is 0 Å². The number of hydrogen-bond donors (Lipinski definition) is 1. The standard InChI is InChI=1S/C14H14N2OS/c1-14(11-8-18-13(15)16-11)7-6-9-4-2-3-5-10(9)12(14)17/h2-5,8H,6-7H2,1H3,(H2,15,16). The van der Waals surface area contributed by atoms with Gasteiger partial charge in [0.15, 0.2) is 10.9 Å². The quantitative estimate of drug-likeness (QED) is 0.855. The molecule has 3 nitrogen and oxygen atoms in total. The van der Waals surface area contributed by atoms with E-state index in [0.29, 0.717) is 5.13 Å². The molecule has 1 aliphatic carbocycles. The zero-order valence-corrected chi connectivity index (χ0v) is 11.0. The molecule has 0 fully saturated rings. The monoisotopic (exact) mass is 258 g/mol. The first-order chi connectivity index (χ1) is 8.61. The van der Waals surface area contributed by atoms with Gasteiger partial charge in [0, 0.05) is 10.9 Å². The number of anilines is 1. The lowest BCUT2D eigenvalue weighted by Crippen LogP contribution is -2.37. The molecule has 18 heavy (non-hydrogen) atoms. The molecule has 3 rings (SSSR count). The second-order valence-electron chi connectivity index (χ2n) is 4.89. The fraction of sp³-hybridized carbons (Fsp3) is 0.286. The number of carbonyl (C=O) groups is 1. The van der Waals surface area contributed by atoms with Gasteiger partial charge in [-0.05, 0) is 25.3 Å². The van der Waals surface area contributed by atoms with Gasteiger partial charge in [0.1, 0.15) is 0 Å². The van der Waals surface area contributed by atoms with E-state index in [4.69, 9.17) is 5.73 Å². The smallest absolute Gasteiger partial charge is 0.180 e. The molecule has 1 aliphatic rings. The van der Waals surface area contributed by atoms with Crippen LogP contribution in [0.25, 0.3) is 0 Å². The number of hydrogen-bond acceptors (Lipinski definition) is 4. The van der Waals surface area contributed by atoms with E-state index in [9.17, 15) is 4.79 Å². The Labute approximate surface area is 110 Å². The third-order valence-corrected chi connectivity index (χ3v) is 4.42. The molecule has 1 unspecified atom stereocenters. The number of carbonyl (C=O) groups excluding carboxylic acids is 1. The first-order valence-electron chi connectivity index (χ1n) is 5.95. The van der Waals surface area contributed by atoms with Gasteiger partial charge in [-0.2, -0.15) is 0 Å². The SMILES string of the molecule is CC1(c2csc(N)n2)CCc2ccccc2C1=O. The van der Waals surface area contributed by atoms with Crippen LogP contribution < -0.4 is 5.73 Å². The number of Topliss-reactive ketones (excluding diaryl/α,β-unsaturated/α-hetero) is 1. The third kappa shape index (κ3) is 1.56. The average molecular weight is 258 g/mol. The van der Waals surface area contributed by atoms with Crippen molar-refractivity contribution in [2.45, 2.75) is 25.2 Å². The van der Waals surface area contributed by atoms with Crippen molar-refractivity contribution >= 4 is 22.3 Å². The lowest BCUT2D eigenvalue weighted by Gasteiger charge is -2.31.